The highest BCUT2D eigenvalue weighted by atomic mass is 16.5. The average molecular weight is 389 g/mol. The molecule has 0 spiro atoms. The summed E-state index contributed by atoms with van der Waals surface area (Å²) in [5.74, 6) is 1.34. The molecule has 0 saturated heterocycles. The SMILES string of the molecule is COc1cccc(Cn2cccc2CN(Cc2ccccc2)C(=O)C2CCC2)c1. The molecule has 1 aliphatic carbocycles. The Bertz CT molecular complexity index is 944. The maximum atomic E-state index is 13.1. The second-order valence-corrected chi connectivity index (χ2v) is 7.79. The number of hydrogen-bond donors (Lipinski definition) is 0. The number of rotatable bonds is 8. The molecule has 4 heteroatoms. The molecule has 4 rings (SSSR count). The molecular weight excluding hydrogens is 360 g/mol. The van der Waals surface area contributed by atoms with Crippen LogP contribution in [0.15, 0.2) is 72.9 Å². The molecule has 1 heterocycles. The van der Waals surface area contributed by atoms with E-state index in [0.29, 0.717) is 13.1 Å². The number of ether oxygens (including phenoxy) is 1. The molecular formula is C25H28N2O2. The normalized spacial score (nSPS) is 13.7. The number of carbonyl (C=O) groups excluding carboxylic acids is 1. The third kappa shape index (κ3) is 4.70. The van der Waals surface area contributed by atoms with Gasteiger partial charge in [-0.15, -0.1) is 0 Å². The lowest BCUT2D eigenvalue weighted by atomic mass is 9.84. The van der Waals surface area contributed by atoms with Crippen LogP contribution >= 0.6 is 0 Å². The van der Waals surface area contributed by atoms with Crippen molar-refractivity contribution in [3.8, 4) is 5.75 Å². The monoisotopic (exact) mass is 388 g/mol. The van der Waals surface area contributed by atoms with Gasteiger partial charge in [-0.25, -0.2) is 0 Å². The van der Waals surface area contributed by atoms with Crippen molar-refractivity contribution in [2.45, 2.75) is 38.9 Å². The third-order valence-corrected chi connectivity index (χ3v) is 5.75. The summed E-state index contributed by atoms with van der Waals surface area (Å²) in [5, 5.41) is 0. The van der Waals surface area contributed by atoms with Crippen molar-refractivity contribution >= 4 is 5.91 Å². The molecule has 0 atom stereocenters. The van der Waals surface area contributed by atoms with Crippen LogP contribution in [0.3, 0.4) is 0 Å². The fraction of sp³-hybridized carbons (Fsp3) is 0.320. The van der Waals surface area contributed by atoms with Crippen molar-refractivity contribution < 1.29 is 9.53 Å². The van der Waals surface area contributed by atoms with Crippen LogP contribution in [-0.2, 0) is 24.4 Å². The molecule has 4 nitrogen and oxygen atoms in total. The first-order chi connectivity index (χ1) is 14.2. The molecule has 0 unspecified atom stereocenters. The standard InChI is InChI=1S/C25H28N2O2/c1-29-24-14-5-10-21(16-24)18-26-15-7-13-23(26)19-27(25(28)22-11-6-12-22)17-20-8-3-2-4-9-20/h2-5,7-10,13-16,22H,6,11-12,17-19H2,1H3. The number of nitrogens with zero attached hydrogens (tertiary/aromatic N) is 2. The van der Waals surface area contributed by atoms with Gasteiger partial charge < -0.3 is 14.2 Å². The van der Waals surface area contributed by atoms with Crippen LogP contribution in [-0.4, -0.2) is 22.5 Å². The molecule has 150 valence electrons. The van der Waals surface area contributed by atoms with Gasteiger partial charge in [-0.2, -0.15) is 0 Å². The zero-order valence-corrected chi connectivity index (χ0v) is 17.0. The van der Waals surface area contributed by atoms with Gasteiger partial charge in [-0.1, -0.05) is 48.9 Å². The third-order valence-electron chi connectivity index (χ3n) is 5.75. The van der Waals surface area contributed by atoms with Crippen LogP contribution < -0.4 is 4.74 Å². The van der Waals surface area contributed by atoms with Crippen LogP contribution in [0.4, 0.5) is 0 Å². The minimum Gasteiger partial charge on any atom is -0.497 e. The lowest BCUT2D eigenvalue weighted by Gasteiger charge is -2.32. The van der Waals surface area contributed by atoms with E-state index < -0.39 is 0 Å². The number of methoxy groups -OCH3 is 1. The fourth-order valence-electron chi connectivity index (χ4n) is 3.84. The summed E-state index contributed by atoms with van der Waals surface area (Å²) in [4.78, 5) is 15.1. The lowest BCUT2D eigenvalue weighted by Crippen LogP contribution is -2.38. The Hall–Kier alpha value is -3.01. The smallest absolute Gasteiger partial charge is 0.226 e. The van der Waals surface area contributed by atoms with Gasteiger partial charge in [0, 0.05) is 30.9 Å². The molecule has 0 radical (unpaired) electrons. The maximum absolute atomic E-state index is 13.1. The summed E-state index contributed by atoms with van der Waals surface area (Å²) < 4.78 is 7.57. The van der Waals surface area contributed by atoms with Gasteiger partial charge in [0.05, 0.1) is 13.7 Å². The molecule has 0 N–H and O–H groups in total. The van der Waals surface area contributed by atoms with Crippen molar-refractivity contribution in [1.82, 2.24) is 9.47 Å². The highest BCUT2D eigenvalue weighted by Crippen LogP contribution is 2.29. The average Bonchev–Trinajstić information content (AvgIpc) is 3.13. The van der Waals surface area contributed by atoms with Crippen LogP contribution in [0.25, 0.3) is 0 Å². The lowest BCUT2D eigenvalue weighted by molar-refractivity contribution is -0.139. The molecule has 1 fully saturated rings. The Morgan fingerprint density at radius 3 is 2.52 bits per heavy atom. The molecule has 0 aliphatic heterocycles. The van der Waals surface area contributed by atoms with E-state index in [1.807, 2.05) is 35.2 Å². The van der Waals surface area contributed by atoms with Crippen LogP contribution in [0.1, 0.15) is 36.1 Å². The van der Waals surface area contributed by atoms with Crippen molar-refractivity contribution in [3.63, 3.8) is 0 Å². The Balaban J connectivity index is 1.52. The minimum absolute atomic E-state index is 0.195. The second kappa shape index (κ2) is 8.99. The number of amides is 1. The Morgan fingerprint density at radius 1 is 1.00 bits per heavy atom. The molecule has 3 aromatic rings. The summed E-state index contributed by atoms with van der Waals surface area (Å²) >= 11 is 0. The minimum atomic E-state index is 0.195. The van der Waals surface area contributed by atoms with E-state index in [0.717, 1.165) is 30.8 Å². The van der Waals surface area contributed by atoms with E-state index in [2.05, 4.69) is 47.2 Å². The number of carbonyl (C=O) groups is 1. The number of hydrogen-bond acceptors (Lipinski definition) is 2. The zero-order chi connectivity index (χ0) is 20.1. The molecule has 1 amide bonds. The summed E-state index contributed by atoms with van der Waals surface area (Å²) in [5.41, 5.74) is 3.50. The van der Waals surface area contributed by atoms with Crippen molar-refractivity contribution in [2.24, 2.45) is 5.92 Å². The van der Waals surface area contributed by atoms with Crippen molar-refractivity contribution in [1.29, 1.82) is 0 Å². The second-order valence-electron chi connectivity index (χ2n) is 7.79. The molecule has 2 aromatic carbocycles. The first-order valence-electron chi connectivity index (χ1n) is 10.3. The molecule has 1 aromatic heterocycles. The highest BCUT2D eigenvalue weighted by Gasteiger charge is 2.29. The topological polar surface area (TPSA) is 34.5 Å². The maximum Gasteiger partial charge on any atom is 0.226 e. The molecule has 0 bridgehead atoms. The van der Waals surface area contributed by atoms with Gasteiger partial charge in [0.15, 0.2) is 0 Å². The number of benzene rings is 2. The van der Waals surface area contributed by atoms with E-state index in [1.54, 1.807) is 7.11 Å². The quantitative estimate of drug-likeness (QED) is 0.551. The molecule has 1 saturated carbocycles. The summed E-state index contributed by atoms with van der Waals surface area (Å²) in [6.45, 7) is 2.04. The first-order valence-corrected chi connectivity index (χ1v) is 10.3. The van der Waals surface area contributed by atoms with E-state index in [1.165, 1.54) is 17.5 Å². The van der Waals surface area contributed by atoms with Gasteiger partial charge in [0.25, 0.3) is 0 Å². The summed E-state index contributed by atoms with van der Waals surface area (Å²) in [7, 11) is 1.69. The fourth-order valence-corrected chi connectivity index (χ4v) is 3.84. The Morgan fingerprint density at radius 2 is 1.79 bits per heavy atom. The van der Waals surface area contributed by atoms with E-state index >= 15 is 0 Å². The summed E-state index contributed by atoms with van der Waals surface area (Å²) in [6.07, 6.45) is 5.30. The van der Waals surface area contributed by atoms with E-state index in [-0.39, 0.29) is 11.8 Å². The van der Waals surface area contributed by atoms with Gasteiger partial charge >= 0.3 is 0 Å². The molecule has 29 heavy (non-hydrogen) atoms. The van der Waals surface area contributed by atoms with E-state index in [9.17, 15) is 4.79 Å². The largest absolute Gasteiger partial charge is 0.497 e. The predicted octanol–water partition coefficient (Wildman–Crippen LogP) is 4.87. The van der Waals surface area contributed by atoms with Crippen molar-refractivity contribution in [2.75, 3.05) is 7.11 Å². The number of aromatic nitrogens is 1. The van der Waals surface area contributed by atoms with Gasteiger partial charge in [0.2, 0.25) is 5.91 Å². The van der Waals surface area contributed by atoms with Gasteiger partial charge in [-0.3, -0.25) is 4.79 Å². The Kier molecular flexibility index (Phi) is 5.99. The zero-order valence-electron chi connectivity index (χ0n) is 17.0. The van der Waals surface area contributed by atoms with E-state index in [4.69, 9.17) is 4.74 Å². The summed E-state index contributed by atoms with van der Waals surface area (Å²) in [6, 6.07) is 22.6. The van der Waals surface area contributed by atoms with Crippen LogP contribution in [0, 0.1) is 5.92 Å². The Labute approximate surface area is 172 Å². The predicted molar refractivity (Wildman–Crippen MR) is 115 cm³/mol. The van der Waals surface area contributed by atoms with Crippen LogP contribution in [0.5, 0.6) is 5.75 Å². The van der Waals surface area contributed by atoms with Gasteiger partial charge in [0.1, 0.15) is 5.75 Å². The first kappa shape index (κ1) is 19.3. The van der Waals surface area contributed by atoms with Gasteiger partial charge in [-0.05, 0) is 48.2 Å². The van der Waals surface area contributed by atoms with Crippen LogP contribution in [0.2, 0.25) is 0 Å². The van der Waals surface area contributed by atoms with Crippen molar-refractivity contribution in [3.05, 3.63) is 89.7 Å². The highest BCUT2D eigenvalue weighted by molar-refractivity contribution is 5.79. The molecule has 1 aliphatic rings.